The van der Waals surface area contributed by atoms with Crippen molar-refractivity contribution in [2.45, 2.75) is 57.6 Å². The molecule has 1 aromatic carbocycles. The molecule has 0 bridgehead atoms. The van der Waals surface area contributed by atoms with Gasteiger partial charge in [0.15, 0.2) is 0 Å². The Morgan fingerprint density at radius 1 is 1.22 bits per heavy atom. The highest BCUT2D eigenvalue weighted by molar-refractivity contribution is 5.74. The number of hydrogen-bond donors (Lipinski definition) is 3. The van der Waals surface area contributed by atoms with Crippen molar-refractivity contribution in [3.05, 3.63) is 35.4 Å². The predicted molar refractivity (Wildman–Crippen MR) is 91.1 cm³/mol. The summed E-state index contributed by atoms with van der Waals surface area (Å²) in [5.41, 5.74) is 2.44. The van der Waals surface area contributed by atoms with Gasteiger partial charge in [-0.1, -0.05) is 36.2 Å². The normalized spacial score (nSPS) is 25.7. The maximum absolute atomic E-state index is 12.3. The summed E-state index contributed by atoms with van der Waals surface area (Å²) in [4.78, 5) is 12.3. The molecule has 3 atom stereocenters. The van der Waals surface area contributed by atoms with E-state index in [1.807, 2.05) is 0 Å². The molecule has 4 nitrogen and oxygen atoms in total. The number of nitrogens with one attached hydrogen (secondary N) is 2. The van der Waals surface area contributed by atoms with Gasteiger partial charge in [0, 0.05) is 6.54 Å². The molecule has 0 aliphatic heterocycles. The molecule has 2 aliphatic carbocycles. The predicted octanol–water partition coefficient (Wildman–Crippen LogP) is 3.30. The second kappa shape index (κ2) is 7.35. The van der Waals surface area contributed by atoms with Crippen LogP contribution in [0.5, 0.6) is 0 Å². The van der Waals surface area contributed by atoms with E-state index in [0.717, 1.165) is 25.7 Å². The van der Waals surface area contributed by atoms with Gasteiger partial charge in [-0.15, -0.1) is 0 Å². The van der Waals surface area contributed by atoms with Gasteiger partial charge in [-0.2, -0.15) is 0 Å². The smallest absolute Gasteiger partial charge is 0.315 e. The molecular formula is C19H28N2O2. The summed E-state index contributed by atoms with van der Waals surface area (Å²) in [6.07, 6.45) is 6.06. The van der Waals surface area contributed by atoms with Crippen molar-refractivity contribution in [3.8, 4) is 0 Å². The Hall–Kier alpha value is -1.55. The molecule has 2 fully saturated rings. The quantitative estimate of drug-likeness (QED) is 0.780. The third-order valence-electron chi connectivity index (χ3n) is 5.12. The zero-order valence-corrected chi connectivity index (χ0v) is 13.9. The molecule has 1 aromatic rings. The van der Waals surface area contributed by atoms with Crippen molar-refractivity contribution >= 4 is 6.03 Å². The van der Waals surface area contributed by atoms with Crippen LogP contribution in [0.1, 0.15) is 55.7 Å². The summed E-state index contributed by atoms with van der Waals surface area (Å²) in [6.45, 7) is 2.74. The molecule has 0 aromatic heterocycles. The van der Waals surface area contributed by atoms with Crippen molar-refractivity contribution in [1.82, 2.24) is 10.6 Å². The van der Waals surface area contributed by atoms with Crippen molar-refractivity contribution in [2.24, 2.45) is 11.8 Å². The van der Waals surface area contributed by atoms with E-state index in [1.54, 1.807) is 0 Å². The van der Waals surface area contributed by atoms with E-state index >= 15 is 0 Å². The molecule has 23 heavy (non-hydrogen) atoms. The van der Waals surface area contributed by atoms with Crippen LogP contribution in [0.3, 0.4) is 0 Å². The Balaban J connectivity index is 1.51. The Kier molecular flexibility index (Phi) is 5.21. The number of amides is 2. The van der Waals surface area contributed by atoms with Crippen LogP contribution in [0.15, 0.2) is 24.3 Å². The molecule has 0 saturated heterocycles. The first-order valence-corrected chi connectivity index (χ1v) is 8.91. The van der Waals surface area contributed by atoms with Crippen LogP contribution in [0.2, 0.25) is 0 Å². The van der Waals surface area contributed by atoms with E-state index < -0.39 is 0 Å². The standard InChI is InChI=1S/C19H28N2O2/c1-13-5-7-15(8-6-13)18(16-9-10-16)21-19(23)20-12-14-3-2-4-17(22)11-14/h5-8,14,16-18,22H,2-4,9-12H2,1H3,(H2,20,21,23). The van der Waals surface area contributed by atoms with Crippen LogP contribution in [0, 0.1) is 18.8 Å². The van der Waals surface area contributed by atoms with E-state index in [2.05, 4.69) is 41.8 Å². The molecular weight excluding hydrogens is 288 g/mol. The first-order chi connectivity index (χ1) is 11.1. The lowest BCUT2D eigenvalue weighted by molar-refractivity contribution is 0.101. The van der Waals surface area contributed by atoms with Gasteiger partial charge in [-0.25, -0.2) is 4.79 Å². The van der Waals surface area contributed by atoms with Crippen molar-refractivity contribution in [1.29, 1.82) is 0 Å². The van der Waals surface area contributed by atoms with Gasteiger partial charge in [0.05, 0.1) is 12.1 Å². The molecule has 2 aliphatic rings. The number of aryl methyl sites for hydroxylation is 1. The van der Waals surface area contributed by atoms with Gasteiger partial charge in [-0.05, 0) is 56.4 Å². The Labute approximate surface area is 138 Å². The number of benzene rings is 1. The minimum atomic E-state index is -0.189. The van der Waals surface area contributed by atoms with E-state index in [9.17, 15) is 9.90 Å². The highest BCUT2D eigenvalue weighted by Crippen LogP contribution is 2.41. The minimum absolute atomic E-state index is 0.0810. The van der Waals surface area contributed by atoms with Gasteiger partial charge in [0.25, 0.3) is 0 Å². The fraction of sp³-hybridized carbons (Fsp3) is 0.632. The fourth-order valence-corrected chi connectivity index (χ4v) is 3.55. The SMILES string of the molecule is Cc1ccc(C(NC(=O)NCC2CCCC(O)C2)C2CC2)cc1. The number of carbonyl (C=O) groups excluding carboxylic acids is 1. The van der Waals surface area contributed by atoms with E-state index in [-0.39, 0.29) is 18.2 Å². The molecule has 4 heteroatoms. The Bertz CT molecular complexity index is 525. The van der Waals surface area contributed by atoms with Crippen molar-refractivity contribution in [2.75, 3.05) is 6.54 Å². The first kappa shape index (κ1) is 16.3. The highest BCUT2D eigenvalue weighted by Gasteiger charge is 2.33. The Morgan fingerprint density at radius 3 is 2.61 bits per heavy atom. The number of hydrogen-bond acceptors (Lipinski definition) is 2. The highest BCUT2D eigenvalue weighted by atomic mass is 16.3. The number of carbonyl (C=O) groups is 1. The van der Waals surface area contributed by atoms with Crippen LogP contribution in [0.25, 0.3) is 0 Å². The zero-order valence-electron chi connectivity index (χ0n) is 13.9. The molecule has 2 amide bonds. The summed E-state index contributed by atoms with van der Waals surface area (Å²) in [6, 6.07) is 8.49. The number of aliphatic hydroxyl groups excluding tert-OH is 1. The third-order valence-corrected chi connectivity index (χ3v) is 5.12. The van der Waals surface area contributed by atoms with E-state index in [0.29, 0.717) is 18.4 Å². The van der Waals surface area contributed by atoms with Crippen LogP contribution >= 0.6 is 0 Å². The summed E-state index contributed by atoms with van der Waals surface area (Å²) in [5.74, 6) is 0.975. The summed E-state index contributed by atoms with van der Waals surface area (Å²) in [7, 11) is 0. The summed E-state index contributed by atoms with van der Waals surface area (Å²) < 4.78 is 0. The van der Waals surface area contributed by atoms with Crippen molar-refractivity contribution < 1.29 is 9.90 Å². The fourth-order valence-electron chi connectivity index (χ4n) is 3.55. The van der Waals surface area contributed by atoms with E-state index in [4.69, 9.17) is 0 Å². The molecule has 3 N–H and O–H groups in total. The monoisotopic (exact) mass is 316 g/mol. The maximum atomic E-state index is 12.3. The molecule has 2 saturated carbocycles. The van der Waals surface area contributed by atoms with E-state index in [1.165, 1.54) is 24.0 Å². The lowest BCUT2D eigenvalue weighted by Crippen LogP contribution is -2.41. The molecule has 0 spiro atoms. The molecule has 3 rings (SSSR count). The maximum Gasteiger partial charge on any atom is 0.315 e. The van der Waals surface area contributed by atoms with Crippen molar-refractivity contribution in [3.63, 3.8) is 0 Å². The summed E-state index contributed by atoms with van der Waals surface area (Å²) in [5, 5.41) is 15.9. The topological polar surface area (TPSA) is 61.4 Å². The number of aliphatic hydroxyl groups is 1. The molecule has 0 heterocycles. The zero-order chi connectivity index (χ0) is 16.2. The van der Waals surface area contributed by atoms with Gasteiger partial charge in [-0.3, -0.25) is 0 Å². The second-order valence-electron chi connectivity index (χ2n) is 7.27. The van der Waals surface area contributed by atoms with Crippen LogP contribution in [0.4, 0.5) is 4.79 Å². The minimum Gasteiger partial charge on any atom is -0.393 e. The largest absolute Gasteiger partial charge is 0.393 e. The van der Waals surface area contributed by atoms with Gasteiger partial charge >= 0.3 is 6.03 Å². The first-order valence-electron chi connectivity index (χ1n) is 8.91. The molecule has 3 unspecified atom stereocenters. The Morgan fingerprint density at radius 2 is 1.96 bits per heavy atom. The number of urea groups is 1. The van der Waals surface area contributed by atoms with Gasteiger partial charge in [0.2, 0.25) is 0 Å². The summed E-state index contributed by atoms with van der Waals surface area (Å²) >= 11 is 0. The van der Waals surface area contributed by atoms with Gasteiger partial charge in [0.1, 0.15) is 0 Å². The molecule has 0 radical (unpaired) electrons. The lowest BCUT2D eigenvalue weighted by Gasteiger charge is -2.26. The average molecular weight is 316 g/mol. The lowest BCUT2D eigenvalue weighted by atomic mass is 9.87. The second-order valence-corrected chi connectivity index (χ2v) is 7.27. The van der Waals surface area contributed by atoms with Crippen LogP contribution < -0.4 is 10.6 Å². The third kappa shape index (κ3) is 4.71. The number of rotatable bonds is 5. The van der Waals surface area contributed by atoms with Crippen LogP contribution in [-0.2, 0) is 0 Å². The van der Waals surface area contributed by atoms with Gasteiger partial charge < -0.3 is 15.7 Å². The average Bonchev–Trinajstić information content (AvgIpc) is 3.36. The van der Waals surface area contributed by atoms with Crippen LogP contribution in [-0.4, -0.2) is 23.8 Å². The molecule has 126 valence electrons.